The van der Waals surface area contributed by atoms with Gasteiger partial charge in [0.2, 0.25) is 5.89 Å². The van der Waals surface area contributed by atoms with E-state index < -0.39 is 0 Å². The van der Waals surface area contributed by atoms with Gasteiger partial charge in [0.25, 0.3) is 5.91 Å². The zero-order chi connectivity index (χ0) is 22.8. The Bertz CT molecular complexity index is 1280. The Labute approximate surface area is 190 Å². The molecule has 0 unspecified atom stereocenters. The standard InChI is InChI=1S/C24H23N5O4/c1-31-20-9-5-3-7-15(20)11-22-25-23(33-28-22)16-13-29(14-16)24(30)19-12-18(26-27-19)17-8-4-6-10-21(17)32-2/h3-10,12,16H,11,13-14H2,1-2H3,(H,26,27). The zero-order valence-electron chi connectivity index (χ0n) is 18.3. The third-order valence-electron chi connectivity index (χ3n) is 5.73. The quantitative estimate of drug-likeness (QED) is 0.465. The summed E-state index contributed by atoms with van der Waals surface area (Å²) in [4.78, 5) is 19.1. The summed E-state index contributed by atoms with van der Waals surface area (Å²) < 4.78 is 16.2. The number of ether oxygens (including phenoxy) is 2. The van der Waals surface area contributed by atoms with Crippen LogP contribution < -0.4 is 9.47 Å². The van der Waals surface area contributed by atoms with Gasteiger partial charge >= 0.3 is 0 Å². The molecule has 1 fully saturated rings. The highest BCUT2D eigenvalue weighted by Crippen LogP contribution is 2.31. The van der Waals surface area contributed by atoms with Crippen LogP contribution in [0.4, 0.5) is 0 Å². The minimum atomic E-state index is -0.117. The minimum Gasteiger partial charge on any atom is -0.496 e. The lowest BCUT2D eigenvalue weighted by molar-refractivity contribution is 0.0563. The van der Waals surface area contributed by atoms with Gasteiger partial charge in [-0.05, 0) is 24.3 Å². The van der Waals surface area contributed by atoms with Crippen molar-refractivity contribution in [1.82, 2.24) is 25.2 Å². The van der Waals surface area contributed by atoms with Gasteiger partial charge in [0, 0.05) is 30.6 Å². The first-order valence-electron chi connectivity index (χ1n) is 10.6. The van der Waals surface area contributed by atoms with Crippen LogP contribution in [0.3, 0.4) is 0 Å². The molecule has 9 nitrogen and oxygen atoms in total. The van der Waals surface area contributed by atoms with Crippen LogP contribution in [0.25, 0.3) is 11.3 Å². The van der Waals surface area contributed by atoms with Gasteiger partial charge in [-0.15, -0.1) is 0 Å². The summed E-state index contributed by atoms with van der Waals surface area (Å²) in [7, 11) is 3.25. The van der Waals surface area contributed by atoms with Crippen molar-refractivity contribution < 1.29 is 18.8 Å². The number of likely N-dealkylation sites (tertiary alicyclic amines) is 1. The van der Waals surface area contributed by atoms with Gasteiger partial charge in [0.05, 0.1) is 25.8 Å². The molecule has 1 aliphatic heterocycles. The summed E-state index contributed by atoms with van der Waals surface area (Å²) in [6.07, 6.45) is 0.517. The number of benzene rings is 2. The summed E-state index contributed by atoms with van der Waals surface area (Å²) in [5, 5.41) is 11.2. The predicted molar refractivity (Wildman–Crippen MR) is 119 cm³/mol. The lowest BCUT2D eigenvalue weighted by Crippen LogP contribution is -2.48. The molecule has 0 atom stereocenters. The fourth-order valence-electron chi connectivity index (χ4n) is 3.92. The van der Waals surface area contributed by atoms with E-state index >= 15 is 0 Å². The average molecular weight is 445 g/mol. The number of nitrogens with one attached hydrogen (secondary N) is 1. The third kappa shape index (κ3) is 4.05. The Kier molecular flexibility index (Phi) is 5.52. The molecular weight excluding hydrogens is 422 g/mol. The van der Waals surface area contributed by atoms with Crippen molar-refractivity contribution in [2.24, 2.45) is 0 Å². The molecule has 1 saturated heterocycles. The second kappa shape index (κ2) is 8.78. The number of aromatic nitrogens is 4. The van der Waals surface area contributed by atoms with Crippen molar-refractivity contribution in [3.8, 4) is 22.8 Å². The summed E-state index contributed by atoms with van der Waals surface area (Å²) >= 11 is 0. The molecule has 0 bridgehead atoms. The summed E-state index contributed by atoms with van der Waals surface area (Å²) in [6, 6.07) is 17.0. The molecule has 2 aromatic heterocycles. The number of hydrogen-bond acceptors (Lipinski definition) is 7. The molecule has 168 valence electrons. The lowest BCUT2D eigenvalue weighted by Gasteiger charge is -2.36. The molecule has 3 heterocycles. The maximum Gasteiger partial charge on any atom is 0.271 e. The number of methoxy groups -OCH3 is 2. The number of nitrogens with zero attached hydrogens (tertiary/aromatic N) is 4. The van der Waals surface area contributed by atoms with Gasteiger partial charge in [0.15, 0.2) is 5.82 Å². The molecule has 2 aromatic carbocycles. The Hall–Kier alpha value is -4.14. The molecule has 1 amide bonds. The van der Waals surface area contributed by atoms with Crippen LogP contribution in [0.1, 0.15) is 33.7 Å². The topological polar surface area (TPSA) is 106 Å². The van der Waals surface area contributed by atoms with E-state index in [1.54, 1.807) is 25.2 Å². The van der Waals surface area contributed by atoms with Crippen molar-refractivity contribution in [3.63, 3.8) is 0 Å². The molecular formula is C24H23N5O4. The van der Waals surface area contributed by atoms with E-state index in [0.29, 0.717) is 48.4 Å². The van der Waals surface area contributed by atoms with Gasteiger partial charge < -0.3 is 18.9 Å². The number of para-hydroxylation sites is 2. The maximum atomic E-state index is 12.9. The fraction of sp³-hybridized carbons (Fsp3) is 0.250. The van der Waals surface area contributed by atoms with Crippen molar-refractivity contribution in [2.45, 2.75) is 12.3 Å². The van der Waals surface area contributed by atoms with E-state index in [0.717, 1.165) is 16.9 Å². The molecule has 1 N–H and O–H groups in total. The molecule has 4 aromatic rings. The molecule has 9 heteroatoms. The van der Waals surface area contributed by atoms with Crippen LogP contribution >= 0.6 is 0 Å². The highest BCUT2D eigenvalue weighted by molar-refractivity contribution is 5.94. The third-order valence-corrected chi connectivity index (χ3v) is 5.73. The molecule has 0 radical (unpaired) electrons. The Morgan fingerprint density at radius 1 is 1.09 bits per heavy atom. The Balaban J connectivity index is 1.22. The van der Waals surface area contributed by atoms with Crippen LogP contribution in [0.5, 0.6) is 11.5 Å². The van der Waals surface area contributed by atoms with Crippen LogP contribution in [0.2, 0.25) is 0 Å². The van der Waals surface area contributed by atoms with E-state index in [1.807, 2.05) is 48.5 Å². The smallest absolute Gasteiger partial charge is 0.271 e. The van der Waals surface area contributed by atoms with Crippen molar-refractivity contribution in [1.29, 1.82) is 0 Å². The summed E-state index contributed by atoms with van der Waals surface area (Å²) in [5.41, 5.74) is 2.90. The summed E-state index contributed by atoms with van der Waals surface area (Å²) in [5.74, 6) is 2.53. The predicted octanol–water partition coefficient (Wildman–Crippen LogP) is 3.31. The second-order valence-electron chi connectivity index (χ2n) is 7.81. The molecule has 33 heavy (non-hydrogen) atoms. The highest BCUT2D eigenvalue weighted by Gasteiger charge is 2.36. The first-order chi connectivity index (χ1) is 16.2. The van der Waals surface area contributed by atoms with Gasteiger partial charge in [0.1, 0.15) is 17.2 Å². The average Bonchev–Trinajstić information content (AvgIpc) is 3.48. The van der Waals surface area contributed by atoms with Crippen LogP contribution in [0, 0.1) is 0 Å². The molecule has 0 saturated carbocycles. The van der Waals surface area contributed by atoms with Gasteiger partial charge in [-0.2, -0.15) is 10.1 Å². The van der Waals surface area contributed by atoms with Crippen molar-refractivity contribution >= 4 is 5.91 Å². The molecule has 1 aliphatic rings. The van der Waals surface area contributed by atoms with E-state index in [4.69, 9.17) is 14.0 Å². The fourth-order valence-corrected chi connectivity index (χ4v) is 3.92. The normalized spacial score (nSPS) is 13.6. The van der Waals surface area contributed by atoms with E-state index in [-0.39, 0.29) is 11.8 Å². The second-order valence-corrected chi connectivity index (χ2v) is 7.81. The van der Waals surface area contributed by atoms with E-state index in [9.17, 15) is 4.79 Å². The summed E-state index contributed by atoms with van der Waals surface area (Å²) in [6.45, 7) is 1.02. The first kappa shape index (κ1) is 20.7. The number of rotatable bonds is 7. The van der Waals surface area contributed by atoms with Crippen molar-refractivity contribution in [3.05, 3.63) is 77.6 Å². The Morgan fingerprint density at radius 3 is 2.61 bits per heavy atom. The van der Waals surface area contributed by atoms with Crippen LogP contribution in [-0.4, -0.2) is 58.5 Å². The number of hydrogen-bond donors (Lipinski definition) is 1. The maximum absolute atomic E-state index is 12.9. The minimum absolute atomic E-state index is 0.0180. The van der Waals surface area contributed by atoms with Gasteiger partial charge in [-0.3, -0.25) is 9.89 Å². The highest BCUT2D eigenvalue weighted by atomic mass is 16.5. The van der Waals surface area contributed by atoms with Gasteiger partial charge in [-0.1, -0.05) is 35.5 Å². The number of amides is 1. The number of carbonyl (C=O) groups is 1. The van der Waals surface area contributed by atoms with Crippen molar-refractivity contribution in [2.75, 3.05) is 27.3 Å². The molecule has 0 aliphatic carbocycles. The SMILES string of the molecule is COc1ccccc1Cc1noc(C2CN(C(=O)c3cc(-c4ccccc4OC)n[nH]3)C2)n1. The van der Waals surface area contributed by atoms with E-state index in [2.05, 4.69) is 20.3 Å². The van der Waals surface area contributed by atoms with Crippen LogP contribution in [0.15, 0.2) is 59.1 Å². The number of H-pyrrole nitrogens is 1. The van der Waals surface area contributed by atoms with Crippen LogP contribution in [-0.2, 0) is 6.42 Å². The van der Waals surface area contributed by atoms with E-state index in [1.165, 1.54) is 0 Å². The molecule has 5 rings (SSSR count). The first-order valence-corrected chi connectivity index (χ1v) is 10.6. The largest absolute Gasteiger partial charge is 0.496 e. The Morgan fingerprint density at radius 2 is 1.82 bits per heavy atom. The zero-order valence-corrected chi connectivity index (χ0v) is 18.3. The van der Waals surface area contributed by atoms with Gasteiger partial charge in [-0.25, -0.2) is 0 Å². The monoisotopic (exact) mass is 445 g/mol. The molecule has 0 spiro atoms. The number of carbonyl (C=O) groups excluding carboxylic acids is 1. The lowest BCUT2D eigenvalue weighted by atomic mass is 9.99. The number of aromatic amines is 1.